The highest BCUT2D eigenvalue weighted by Gasteiger charge is 2.47. The molecule has 0 bridgehead atoms. The maximum Gasteiger partial charge on any atom is 0.300 e. The third-order valence-corrected chi connectivity index (χ3v) is 7.69. The van der Waals surface area contributed by atoms with Crippen LogP contribution in [0.1, 0.15) is 17.2 Å². The van der Waals surface area contributed by atoms with E-state index < -0.39 is 17.7 Å². The summed E-state index contributed by atoms with van der Waals surface area (Å²) in [6.07, 6.45) is 0. The third kappa shape index (κ3) is 4.41. The first-order valence-electron chi connectivity index (χ1n) is 13.0. The van der Waals surface area contributed by atoms with E-state index in [2.05, 4.69) is 16.8 Å². The summed E-state index contributed by atoms with van der Waals surface area (Å²) in [5.74, 6) is -1.61. The topological polar surface area (TPSA) is 84.3 Å². The van der Waals surface area contributed by atoms with Crippen LogP contribution < -0.4 is 9.80 Å². The number of rotatable bonds is 4. The second-order valence-electron chi connectivity index (χ2n) is 10.1. The molecule has 0 spiro atoms. The number of carbonyl (C=O) groups is 2. The average Bonchev–Trinajstić information content (AvgIpc) is 3.23. The molecule has 1 unspecified atom stereocenters. The molecule has 0 saturated carbocycles. The van der Waals surface area contributed by atoms with Gasteiger partial charge < -0.3 is 20.0 Å². The molecule has 0 aliphatic carbocycles. The van der Waals surface area contributed by atoms with Crippen molar-refractivity contribution in [2.75, 3.05) is 43.0 Å². The molecule has 7 heteroatoms. The van der Waals surface area contributed by atoms with Gasteiger partial charge in [0.25, 0.3) is 11.7 Å². The van der Waals surface area contributed by atoms with Gasteiger partial charge in [-0.25, -0.2) is 0 Å². The van der Waals surface area contributed by atoms with E-state index in [0.29, 0.717) is 16.8 Å². The molecule has 2 fully saturated rings. The van der Waals surface area contributed by atoms with Crippen molar-refractivity contribution < 1.29 is 19.8 Å². The van der Waals surface area contributed by atoms with Gasteiger partial charge in [-0.1, -0.05) is 54.6 Å². The highest BCUT2D eigenvalue weighted by atomic mass is 16.3. The fraction of sp³-hybridized carbons (Fsp3) is 0.188. The molecule has 1 atom stereocenters. The highest BCUT2D eigenvalue weighted by molar-refractivity contribution is 6.51. The van der Waals surface area contributed by atoms with E-state index in [9.17, 15) is 19.8 Å². The number of amides is 1. The van der Waals surface area contributed by atoms with Gasteiger partial charge in [0.2, 0.25) is 0 Å². The van der Waals surface area contributed by atoms with Gasteiger partial charge in [0.15, 0.2) is 0 Å². The Morgan fingerprint density at radius 3 is 2.13 bits per heavy atom. The third-order valence-electron chi connectivity index (χ3n) is 7.69. The number of aliphatic hydroxyl groups is 1. The van der Waals surface area contributed by atoms with Crippen molar-refractivity contribution in [2.45, 2.75) is 6.04 Å². The number of aromatic hydroxyl groups is 1. The summed E-state index contributed by atoms with van der Waals surface area (Å²) in [4.78, 5) is 33.2. The molecule has 0 aromatic heterocycles. The molecule has 39 heavy (non-hydrogen) atoms. The Morgan fingerprint density at radius 1 is 0.769 bits per heavy atom. The van der Waals surface area contributed by atoms with Crippen molar-refractivity contribution in [3.63, 3.8) is 0 Å². The number of ketones is 1. The quantitative estimate of drug-likeness (QED) is 0.226. The molecule has 0 radical (unpaired) electrons. The van der Waals surface area contributed by atoms with Crippen molar-refractivity contribution in [1.29, 1.82) is 0 Å². The van der Waals surface area contributed by atoms with Crippen LogP contribution in [0.5, 0.6) is 5.75 Å². The molecule has 6 rings (SSSR count). The number of anilines is 2. The zero-order valence-electron chi connectivity index (χ0n) is 21.6. The molecule has 7 nitrogen and oxygen atoms in total. The van der Waals surface area contributed by atoms with E-state index in [0.717, 1.165) is 42.6 Å². The second kappa shape index (κ2) is 9.93. The lowest BCUT2D eigenvalue weighted by Crippen LogP contribution is -2.44. The minimum atomic E-state index is -0.862. The largest absolute Gasteiger partial charge is 0.508 e. The number of hydrogen-bond acceptors (Lipinski definition) is 6. The van der Waals surface area contributed by atoms with Crippen molar-refractivity contribution in [2.24, 2.45) is 0 Å². The number of aliphatic hydroxyl groups excluding tert-OH is 1. The molecule has 196 valence electrons. The van der Waals surface area contributed by atoms with E-state index in [4.69, 9.17) is 0 Å². The molecule has 2 N–H and O–H groups in total. The lowest BCUT2D eigenvalue weighted by Gasteiger charge is -2.34. The Kier molecular flexibility index (Phi) is 6.29. The maximum absolute atomic E-state index is 13.6. The molecule has 2 aliphatic rings. The monoisotopic (exact) mass is 519 g/mol. The summed E-state index contributed by atoms with van der Waals surface area (Å²) in [5, 5.41) is 23.2. The van der Waals surface area contributed by atoms with Crippen LogP contribution in [0.15, 0.2) is 96.6 Å². The Labute approximate surface area is 226 Å². The van der Waals surface area contributed by atoms with Crippen LogP contribution in [0.2, 0.25) is 0 Å². The zero-order chi connectivity index (χ0) is 27.1. The lowest BCUT2D eigenvalue weighted by atomic mass is 9.93. The highest BCUT2D eigenvalue weighted by Crippen LogP contribution is 2.43. The van der Waals surface area contributed by atoms with Crippen LogP contribution >= 0.6 is 0 Å². The van der Waals surface area contributed by atoms with Crippen LogP contribution in [-0.2, 0) is 9.59 Å². The summed E-state index contributed by atoms with van der Waals surface area (Å²) in [6.45, 7) is 3.79. The Morgan fingerprint density at radius 2 is 1.41 bits per heavy atom. The van der Waals surface area contributed by atoms with Crippen molar-refractivity contribution >= 4 is 39.6 Å². The zero-order valence-corrected chi connectivity index (χ0v) is 21.6. The van der Waals surface area contributed by atoms with E-state index in [1.165, 1.54) is 17.0 Å². The van der Waals surface area contributed by atoms with Crippen LogP contribution in [0.3, 0.4) is 0 Å². The summed E-state index contributed by atoms with van der Waals surface area (Å²) < 4.78 is 0. The summed E-state index contributed by atoms with van der Waals surface area (Å²) in [6, 6.07) is 26.3. The number of fused-ring (bicyclic) bond motifs is 1. The minimum Gasteiger partial charge on any atom is -0.508 e. The van der Waals surface area contributed by atoms with E-state index in [-0.39, 0.29) is 17.1 Å². The number of likely N-dealkylation sites (N-methyl/N-ethyl adjacent to an activating group) is 1. The second-order valence-corrected chi connectivity index (χ2v) is 10.1. The summed E-state index contributed by atoms with van der Waals surface area (Å²) in [5.41, 5.74) is 2.73. The minimum absolute atomic E-state index is 0.0187. The number of Topliss-reactive ketones (excluding diaryl/α,β-unsaturated/α-hetero) is 1. The van der Waals surface area contributed by atoms with Crippen molar-refractivity contribution in [3.05, 3.63) is 108 Å². The standard InChI is InChI=1S/C32H29N3O4/c1-33-17-19-34(20-18-33)23-11-13-24(14-12-23)35-29(22-9-15-25(36)16-10-22)28(31(38)32(35)39)30(37)27-8-4-6-21-5-2-3-7-26(21)27/h2-16,29,36-37H,17-20H2,1H3/b30-28-. The van der Waals surface area contributed by atoms with Gasteiger partial charge in [-0.05, 0) is 59.8 Å². The van der Waals surface area contributed by atoms with Crippen molar-refractivity contribution in [1.82, 2.24) is 4.90 Å². The Balaban J connectivity index is 1.46. The molecular formula is C32H29N3O4. The van der Waals surface area contributed by atoms with Crippen LogP contribution in [0.4, 0.5) is 11.4 Å². The van der Waals surface area contributed by atoms with E-state index >= 15 is 0 Å². The van der Waals surface area contributed by atoms with Crippen LogP contribution in [0.25, 0.3) is 16.5 Å². The number of phenolic OH excluding ortho intramolecular Hbond substituents is 1. The smallest absolute Gasteiger partial charge is 0.300 e. The Hall–Kier alpha value is -4.62. The number of hydrogen-bond donors (Lipinski definition) is 2. The predicted octanol–water partition coefficient (Wildman–Crippen LogP) is 4.92. The van der Waals surface area contributed by atoms with Gasteiger partial charge >= 0.3 is 0 Å². The SMILES string of the molecule is CN1CCN(c2ccc(N3C(=O)C(=O)/C(=C(\O)c4cccc5ccccc45)C3c3ccc(O)cc3)cc2)CC1. The lowest BCUT2D eigenvalue weighted by molar-refractivity contribution is -0.132. The Bertz CT molecular complexity index is 1580. The van der Waals surface area contributed by atoms with E-state index in [1.54, 1.807) is 18.2 Å². The normalized spacial score (nSPS) is 19.7. The maximum atomic E-state index is 13.6. The van der Waals surface area contributed by atoms with Gasteiger partial charge in [0.05, 0.1) is 11.6 Å². The number of phenols is 1. The van der Waals surface area contributed by atoms with Gasteiger partial charge in [-0.3, -0.25) is 14.5 Å². The average molecular weight is 520 g/mol. The number of piperazine rings is 1. The molecular weight excluding hydrogens is 490 g/mol. The summed E-state index contributed by atoms with van der Waals surface area (Å²) >= 11 is 0. The molecule has 1 amide bonds. The molecule has 4 aromatic carbocycles. The molecule has 4 aromatic rings. The first kappa shape index (κ1) is 24.7. The van der Waals surface area contributed by atoms with Crippen LogP contribution in [0, 0.1) is 0 Å². The van der Waals surface area contributed by atoms with Crippen LogP contribution in [-0.4, -0.2) is 60.0 Å². The number of carbonyl (C=O) groups excluding carboxylic acids is 2. The van der Waals surface area contributed by atoms with Crippen molar-refractivity contribution in [3.8, 4) is 5.75 Å². The van der Waals surface area contributed by atoms with Gasteiger partial charge in [-0.2, -0.15) is 0 Å². The first-order valence-corrected chi connectivity index (χ1v) is 13.0. The summed E-state index contributed by atoms with van der Waals surface area (Å²) in [7, 11) is 2.11. The predicted molar refractivity (Wildman–Crippen MR) is 153 cm³/mol. The van der Waals surface area contributed by atoms with Gasteiger partial charge in [0.1, 0.15) is 11.5 Å². The first-order chi connectivity index (χ1) is 18.9. The molecule has 2 aliphatic heterocycles. The van der Waals surface area contributed by atoms with E-state index in [1.807, 2.05) is 60.7 Å². The fourth-order valence-electron chi connectivity index (χ4n) is 5.54. The number of nitrogens with zero attached hydrogens (tertiary/aromatic N) is 3. The molecule has 2 heterocycles. The van der Waals surface area contributed by atoms with Gasteiger partial charge in [0, 0.05) is 43.1 Å². The van der Waals surface area contributed by atoms with Gasteiger partial charge in [-0.15, -0.1) is 0 Å². The number of benzene rings is 4. The molecule has 2 saturated heterocycles. The fourth-order valence-corrected chi connectivity index (χ4v) is 5.54.